The first-order valence-corrected chi connectivity index (χ1v) is 10.8. The maximum absolute atomic E-state index is 11.9. The third-order valence-corrected chi connectivity index (χ3v) is 4.63. The molecule has 0 saturated heterocycles. The highest BCUT2D eigenvalue weighted by atomic mass is 16.5. The van der Waals surface area contributed by atoms with Crippen molar-refractivity contribution >= 4 is 11.9 Å². The van der Waals surface area contributed by atoms with Gasteiger partial charge in [0, 0.05) is 12.8 Å². The number of carbonyl (C=O) groups is 2. The summed E-state index contributed by atoms with van der Waals surface area (Å²) in [6, 6.07) is 5.84. The van der Waals surface area contributed by atoms with Gasteiger partial charge in [-0.25, -0.2) is 0 Å². The van der Waals surface area contributed by atoms with Crippen LogP contribution in [0.3, 0.4) is 0 Å². The van der Waals surface area contributed by atoms with E-state index in [1.54, 1.807) is 0 Å². The summed E-state index contributed by atoms with van der Waals surface area (Å²) in [5, 5.41) is 0. The van der Waals surface area contributed by atoms with Gasteiger partial charge in [-0.3, -0.25) is 9.59 Å². The molecular formula is C24H38O4. The molecule has 158 valence electrons. The molecule has 1 rings (SSSR count). The smallest absolute Gasteiger partial charge is 0.311 e. The number of rotatable bonds is 14. The van der Waals surface area contributed by atoms with E-state index < -0.39 is 0 Å². The van der Waals surface area contributed by atoms with Gasteiger partial charge in [-0.05, 0) is 68.7 Å². The molecule has 0 N–H and O–H groups in total. The highest BCUT2D eigenvalue weighted by Gasteiger charge is 2.06. The predicted octanol–water partition coefficient (Wildman–Crippen LogP) is 6.31. The lowest BCUT2D eigenvalue weighted by Crippen LogP contribution is -2.07. The Kier molecular flexibility index (Phi) is 12.3. The molecule has 0 aliphatic heterocycles. The Balaban J connectivity index is 1.97. The number of benzene rings is 1. The Bertz CT molecular complexity index is 572. The van der Waals surface area contributed by atoms with Crippen molar-refractivity contribution in [1.82, 2.24) is 0 Å². The van der Waals surface area contributed by atoms with Crippen molar-refractivity contribution in [2.24, 2.45) is 5.92 Å². The minimum absolute atomic E-state index is 0.0714. The molecule has 0 aliphatic carbocycles. The molecule has 0 atom stereocenters. The Hall–Kier alpha value is -1.84. The zero-order valence-electron chi connectivity index (χ0n) is 18.2. The van der Waals surface area contributed by atoms with Gasteiger partial charge in [0.25, 0.3) is 0 Å². The average molecular weight is 391 g/mol. The summed E-state index contributed by atoms with van der Waals surface area (Å²) in [4.78, 5) is 23.5. The molecule has 0 bridgehead atoms. The molecule has 0 aromatic heterocycles. The number of unbranched alkanes of at least 4 members (excludes halogenated alkanes) is 5. The highest BCUT2D eigenvalue weighted by molar-refractivity contribution is 5.72. The third kappa shape index (κ3) is 12.5. The summed E-state index contributed by atoms with van der Waals surface area (Å²) in [7, 11) is 0. The molecule has 0 spiro atoms. The number of hydrogen-bond acceptors (Lipinski definition) is 4. The predicted molar refractivity (Wildman–Crippen MR) is 114 cm³/mol. The van der Waals surface area contributed by atoms with Gasteiger partial charge in [-0.15, -0.1) is 0 Å². The van der Waals surface area contributed by atoms with Crippen LogP contribution in [0.15, 0.2) is 18.2 Å². The molecule has 0 heterocycles. The summed E-state index contributed by atoms with van der Waals surface area (Å²) in [6.07, 6.45) is 8.99. The van der Waals surface area contributed by atoms with Crippen molar-refractivity contribution in [3.05, 3.63) is 29.3 Å². The van der Waals surface area contributed by atoms with Crippen LogP contribution in [0.4, 0.5) is 0 Å². The maximum Gasteiger partial charge on any atom is 0.311 e. The van der Waals surface area contributed by atoms with Crippen LogP contribution >= 0.6 is 0 Å². The van der Waals surface area contributed by atoms with Crippen molar-refractivity contribution < 1.29 is 19.1 Å². The van der Waals surface area contributed by atoms with E-state index in [-0.39, 0.29) is 11.9 Å². The molecule has 28 heavy (non-hydrogen) atoms. The highest BCUT2D eigenvalue weighted by Crippen LogP contribution is 2.17. The van der Waals surface area contributed by atoms with Crippen LogP contribution in [0.1, 0.15) is 89.2 Å². The third-order valence-electron chi connectivity index (χ3n) is 4.63. The van der Waals surface area contributed by atoms with Gasteiger partial charge >= 0.3 is 11.9 Å². The minimum atomic E-state index is -0.162. The van der Waals surface area contributed by atoms with Crippen molar-refractivity contribution in [2.45, 2.75) is 91.9 Å². The largest absolute Gasteiger partial charge is 0.466 e. The summed E-state index contributed by atoms with van der Waals surface area (Å²) in [5.41, 5.74) is 2.20. The first-order valence-electron chi connectivity index (χ1n) is 10.8. The summed E-state index contributed by atoms with van der Waals surface area (Å²) >= 11 is 0. The first kappa shape index (κ1) is 24.2. The Morgan fingerprint density at radius 1 is 0.786 bits per heavy atom. The van der Waals surface area contributed by atoms with E-state index in [0.29, 0.717) is 31.1 Å². The van der Waals surface area contributed by atoms with Crippen LogP contribution in [-0.2, 0) is 14.3 Å². The molecule has 1 aromatic rings. The number of hydrogen-bond donors (Lipinski definition) is 0. The number of carbonyl (C=O) groups excluding carboxylic acids is 2. The van der Waals surface area contributed by atoms with Crippen LogP contribution in [0.2, 0.25) is 0 Å². The van der Waals surface area contributed by atoms with Gasteiger partial charge < -0.3 is 9.47 Å². The molecule has 0 amide bonds. The standard InChI is InChI=1S/C24H38O4/c1-19(2)12-11-15-27-23(25)13-9-7-5-6-8-10-14-24(26)28-22-17-20(3)16-21(4)18-22/h16-19H,5-15H2,1-4H3. The van der Waals surface area contributed by atoms with E-state index in [4.69, 9.17) is 9.47 Å². The summed E-state index contributed by atoms with van der Waals surface area (Å²) < 4.78 is 10.6. The summed E-state index contributed by atoms with van der Waals surface area (Å²) in [6.45, 7) is 8.90. The van der Waals surface area contributed by atoms with Crippen LogP contribution in [-0.4, -0.2) is 18.5 Å². The fourth-order valence-corrected chi connectivity index (χ4v) is 3.17. The molecule has 0 radical (unpaired) electrons. The fourth-order valence-electron chi connectivity index (χ4n) is 3.17. The molecule has 0 unspecified atom stereocenters. The number of aryl methyl sites for hydroxylation is 2. The van der Waals surface area contributed by atoms with E-state index in [0.717, 1.165) is 62.5 Å². The summed E-state index contributed by atoms with van der Waals surface area (Å²) in [5.74, 6) is 1.06. The normalized spacial score (nSPS) is 10.9. The molecular weight excluding hydrogens is 352 g/mol. The monoisotopic (exact) mass is 390 g/mol. The van der Waals surface area contributed by atoms with Gasteiger partial charge in [-0.1, -0.05) is 45.6 Å². The molecule has 1 aromatic carbocycles. The topological polar surface area (TPSA) is 52.6 Å². The van der Waals surface area contributed by atoms with E-state index in [1.165, 1.54) is 0 Å². The van der Waals surface area contributed by atoms with Gasteiger partial charge in [-0.2, -0.15) is 0 Å². The fraction of sp³-hybridized carbons (Fsp3) is 0.667. The number of ether oxygens (including phenoxy) is 2. The van der Waals surface area contributed by atoms with E-state index in [2.05, 4.69) is 19.9 Å². The molecule has 4 nitrogen and oxygen atoms in total. The van der Waals surface area contributed by atoms with Gasteiger partial charge in [0.15, 0.2) is 0 Å². The quantitative estimate of drug-likeness (QED) is 0.212. The molecule has 0 fully saturated rings. The minimum Gasteiger partial charge on any atom is -0.466 e. The van der Waals surface area contributed by atoms with Crippen LogP contribution in [0.25, 0.3) is 0 Å². The molecule has 0 aliphatic rings. The molecule has 4 heteroatoms. The second-order valence-corrected chi connectivity index (χ2v) is 8.18. The SMILES string of the molecule is Cc1cc(C)cc(OC(=O)CCCCCCCCC(=O)OCCCC(C)C)c1. The zero-order chi connectivity index (χ0) is 20.8. The average Bonchev–Trinajstić information content (AvgIpc) is 2.60. The lowest BCUT2D eigenvalue weighted by Gasteiger charge is -2.07. The lowest BCUT2D eigenvalue weighted by atomic mass is 10.1. The Morgan fingerprint density at radius 3 is 1.89 bits per heavy atom. The Morgan fingerprint density at radius 2 is 1.32 bits per heavy atom. The van der Waals surface area contributed by atoms with Crippen molar-refractivity contribution in [1.29, 1.82) is 0 Å². The van der Waals surface area contributed by atoms with Crippen LogP contribution in [0, 0.1) is 19.8 Å². The maximum atomic E-state index is 11.9. The van der Waals surface area contributed by atoms with Gasteiger partial charge in [0.1, 0.15) is 5.75 Å². The van der Waals surface area contributed by atoms with Crippen molar-refractivity contribution in [3.8, 4) is 5.75 Å². The zero-order valence-corrected chi connectivity index (χ0v) is 18.2. The lowest BCUT2D eigenvalue weighted by molar-refractivity contribution is -0.144. The second kappa shape index (κ2) is 14.2. The second-order valence-electron chi connectivity index (χ2n) is 8.18. The molecule has 0 saturated carbocycles. The van der Waals surface area contributed by atoms with Crippen molar-refractivity contribution in [2.75, 3.05) is 6.61 Å². The van der Waals surface area contributed by atoms with E-state index in [1.807, 2.05) is 26.0 Å². The van der Waals surface area contributed by atoms with E-state index >= 15 is 0 Å². The Labute approximate surface area is 171 Å². The van der Waals surface area contributed by atoms with Gasteiger partial charge in [0.2, 0.25) is 0 Å². The van der Waals surface area contributed by atoms with E-state index in [9.17, 15) is 9.59 Å². The van der Waals surface area contributed by atoms with Gasteiger partial charge in [0.05, 0.1) is 6.61 Å². The van der Waals surface area contributed by atoms with Crippen LogP contribution < -0.4 is 4.74 Å². The number of esters is 2. The van der Waals surface area contributed by atoms with Crippen LogP contribution in [0.5, 0.6) is 5.75 Å². The first-order chi connectivity index (χ1) is 13.4. The van der Waals surface area contributed by atoms with Crippen molar-refractivity contribution in [3.63, 3.8) is 0 Å².